The van der Waals surface area contributed by atoms with Gasteiger partial charge in [0.2, 0.25) is 0 Å². The molecular formula is C5H5AsO. The third-order valence-electron chi connectivity index (χ3n) is 0.688. The Labute approximate surface area is 46.4 Å². The van der Waals surface area contributed by atoms with Crippen LogP contribution in [0.15, 0.2) is 23.1 Å². The number of rotatable bonds is 0. The van der Waals surface area contributed by atoms with Crippen molar-refractivity contribution in [1.29, 1.82) is 0 Å². The van der Waals surface area contributed by atoms with Crippen molar-refractivity contribution in [2.75, 3.05) is 0 Å². The Bertz CT molecular complexity index is 182. The summed E-state index contributed by atoms with van der Waals surface area (Å²) in [4.78, 5) is 3.51. The first-order valence-corrected chi connectivity index (χ1v) is 4.97. The molecule has 0 spiro atoms. The first-order valence-electron chi connectivity index (χ1n) is 2.03. The Morgan fingerprint density at radius 3 is 2.29 bits per heavy atom. The summed E-state index contributed by atoms with van der Waals surface area (Å²) in [6, 6.07) is 0. The monoisotopic (exact) mass is 156 g/mol. The minimum absolute atomic E-state index is 1.76. The van der Waals surface area contributed by atoms with E-state index in [1.54, 1.807) is 9.67 Å². The molecule has 1 rings (SSSR count). The van der Waals surface area contributed by atoms with Gasteiger partial charge in [-0.05, 0) is 0 Å². The normalized spacial score (nSPS) is 22.0. The molecular weight excluding hydrogens is 151 g/mol. The van der Waals surface area contributed by atoms with E-state index in [2.05, 4.69) is 0 Å². The molecule has 0 N–H and O–H groups in total. The summed E-state index contributed by atoms with van der Waals surface area (Å²) in [6.45, 7) is 0. The van der Waals surface area contributed by atoms with Gasteiger partial charge >= 0.3 is 45.8 Å². The van der Waals surface area contributed by atoms with E-state index in [0.717, 1.165) is 0 Å². The third-order valence-corrected chi connectivity index (χ3v) is 2.64. The molecule has 0 aliphatic carbocycles. The van der Waals surface area contributed by atoms with Crippen molar-refractivity contribution >= 4 is 19.0 Å². The van der Waals surface area contributed by atoms with Crippen molar-refractivity contribution in [2.45, 2.75) is 0 Å². The van der Waals surface area contributed by atoms with Crippen molar-refractivity contribution < 1.29 is 3.74 Å². The van der Waals surface area contributed by atoms with Crippen LogP contribution in [0.2, 0.25) is 0 Å². The molecule has 1 aliphatic rings. The zero-order valence-corrected chi connectivity index (χ0v) is 5.62. The van der Waals surface area contributed by atoms with Gasteiger partial charge in [0.1, 0.15) is 0 Å². The average molecular weight is 156 g/mol. The molecule has 0 saturated carbocycles. The van der Waals surface area contributed by atoms with Gasteiger partial charge in [-0.25, -0.2) is 0 Å². The molecule has 1 aliphatic heterocycles. The van der Waals surface area contributed by atoms with Gasteiger partial charge in [0.05, 0.1) is 0 Å². The zero-order chi connectivity index (χ0) is 5.11. The molecule has 1 heterocycles. The number of hydrogen-bond donors (Lipinski definition) is 0. The molecule has 1 atom stereocenters. The van der Waals surface area contributed by atoms with E-state index in [-0.39, 0.29) is 0 Å². The topological polar surface area (TPSA) is 17.1 Å². The maximum absolute atomic E-state index is 10.5. The van der Waals surface area contributed by atoms with E-state index in [9.17, 15) is 3.74 Å². The predicted molar refractivity (Wildman–Crippen MR) is 30.8 cm³/mol. The van der Waals surface area contributed by atoms with Crippen LogP contribution < -0.4 is 0 Å². The summed E-state index contributed by atoms with van der Waals surface area (Å²) in [5.41, 5.74) is 0. The summed E-state index contributed by atoms with van der Waals surface area (Å²) in [6.07, 6.45) is 5.53. The molecule has 1 nitrogen and oxygen atoms in total. The van der Waals surface area contributed by atoms with E-state index in [1.165, 1.54) is 0 Å². The van der Waals surface area contributed by atoms with Gasteiger partial charge in [0.15, 0.2) is 0 Å². The molecule has 0 radical (unpaired) electrons. The zero-order valence-electron chi connectivity index (χ0n) is 3.74. The molecule has 7 heavy (non-hydrogen) atoms. The minimum atomic E-state index is -1.79. The van der Waals surface area contributed by atoms with E-state index >= 15 is 0 Å². The molecule has 36 valence electrons. The summed E-state index contributed by atoms with van der Waals surface area (Å²) in [7, 11) is 0. The van der Waals surface area contributed by atoms with E-state index in [4.69, 9.17) is 0 Å². The van der Waals surface area contributed by atoms with E-state index in [1.807, 2.05) is 18.2 Å². The molecule has 0 aromatic rings. The second-order valence-corrected chi connectivity index (χ2v) is 4.00. The van der Waals surface area contributed by atoms with Crippen LogP contribution in [0.25, 0.3) is 0 Å². The Morgan fingerprint density at radius 1 is 1.14 bits per heavy atom. The van der Waals surface area contributed by atoms with Gasteiger partial charge < -0.3 is 0 Å². The van der Waals surface area contributed by atoms with Crippen LogP contribution >= 0.6 is 0 Å². The van der Waals surface area contributed by atoms with Crippen LogP contribution in [-0.2, 0) is 3.74 Å². The van der Waals surface area contributed by atoms with Gasteiger partial charge in [-0.15, -0.1) is 0 Å². The SMILES string of the molecule is O=[As]1=CC=CC=C1. The van der Waals surface area contributed by atoms with E-state index < -0.39 is 14.1 Å². The molecule has 0 amide bonds. The Hall–Kier alpha value is -0.292. The van der Waals surface area contributed by atoms with Crippen LogP contribution in [0.3, 0.4) is 0 Å². The Morgan fingerprint density at radius 2 is 2.00 bits per heavy atom. The summed E-state index contributed by atoms with van der Waals surface area (Å²) in [5, 5.41) is 0. The third kappa shape index (κ3) is 1.32. The van der Waals surface area contributed by atoms with Crippen LogP contribution in [0.5, 0.6) is 0 Å². The van der Waals surface area contributed by atoms with Crippen molar-refractivity contribution in [1.82, 2.24) is 0 Å². The van der Waals surface area contributed by atoms with Gasteiger partial charge in [-0.2, -0.15) is 0 Å². The molecule has 1 unspecified atom stereocenters. The van der Waals surface area contributed by atoms with Crippen molar-refractivity contribution in [2.24, 2.45) is 0 Å². The number of allylic oxidation sites excluding steroid dienone is 3. The van der Waals surface area contributed by atoms with Crippen LogP contribution in [0, 0.1) is 0 Å². The molecule has 0 aromatic heterocycles. The Kier molecular flexibility index (Phi) is 1.48. The standard InChI is InChI=1S/C5H5AsO/c7-6-4-2-1-3-5-6/h1-5H. The summed E-state index contributed by atoms with van der Waals surface area (Å²) < 4.78 is 10.5. The van der Waals surface area contributed by atoms with Crippen molar-refractivity contribution in [3.05, 3.63) is 23.1 Å². The maximum atomic E-state index is 10.5. The fourth-order valence-corrected chi connectivity index (χ4v) is 1.72. The molecule has 0 fully saturated rings. The average Bonchev–Trinajstić information content (AvgIpc) is 1.69. The quantitative estimate of drug-likeness (QED) is 0.465. The van der Waals surface area contributed by atoms with Gasteiger partial charge in [-0.3, -0.25) is 0 Å². The van der Waals surface area contributed by atoms with Crippen molar-refractivity contribution in [3.8, 4) is 0 Å². The number of hydrogen-bond acceptors (Lipinski definition) is 1. The van der Waals surface area contributed by atoms with Crippen LogP contribution in [-0.4, -0.2) is 19.0 Å². The molecule has 0 saturated heterocycles. The van der Waals surface area contributed by atoms with Gasteiger partial charge in [-0.1, -0.05) is 0 Å². The summed E-state index contributed by atoms with van der Waals surface area (Å²) in [5.74, 6) is 0. The second-order valence-electron chi connectivity index (χ2n) is 1.24. The fraction of sp³-hybridized carbons (Fsp3) is 0. The van der Waals surface area contributed by atoms with Crippen molar-refractivity contribution in [3.63, 3.8) is 0 Å². The second kappa shape index (κ2) is 2.13. The van der Waals surface area contributed by atoms with Crippen LogP contribution in [0.1, 0.15) is 0 Å². The first-order chi connectivity index (χ1) is 3.39. The van der Waals surface area contributed by atoms with Crippen LogP contribution in [0.4, 0.5) is 0 Å². The van der Waals surface area contributed by atoms with E-state index in [0.29, 0.717) is 0 Å². The molecule has 0 aromatic carbocycles. The summed E-state index contributed by atoms with van der Waals surface area (Å²) >= 11 is -1.79. The Balaban J connectivity index is 3.04. The van der Waals surface area contributed by atoms with Gasteiger partial charge in [0, 0.05) is 0 Å². The first kappa shape index (κ1) is 4.86. The molecule has 0 bridgehead atoms. The fourth-order valence-electron chi connectivity index (χ4n) is 0.383. The van der Waals surface area contributed by atoms with Gasteiger partial charge in [0.25, 0.3) is 0 Å². The predicted octanol–water partition coefficient (Wildman–Crippen LogP) is 0.458. The molecule has 2 heteroatoms.